The van der Waals surface area contributed by atoms with Gasteiger partial charge in [-0.25, -0.2) is 8.42 Å². The van der Waals surface area contributed by atoms with Crippen molar-refractivity contribution in [2.75, 3.05) is 23.9 Å². The highest BCUT2D eigenvalue weighted by atomic mass is 32.2. The summed E-state index contributed by atoms with van der Waals surface area (Å²) in [6.45, 7) is 3.93. The Balaban J connectivity index is 1.58. The molecule has 1 saturated carbocycles. The van der Waals surface area contributed by atoms with Gasteiger partial charge in [0.1, 0.15) is 0 Å². The number of carbonyl (C=O) groups excluding carboxylic acids is 2. The Kier molecular flexibility index (Phi) is 4.62. The molecule has 3 unspecified atom stereocenters. The molecule has 1 aliphatic carbocycles. The Labute approximate surface area is 148 Å². The second kappa shape index (κ2) is 6.44. The molecule has 136 valence electrons. The van der Waals surface area contributed by atoms with E-state index < -0.39 is 9.84 Å². The van der Waals surface area contributed by atoms with Gasteiger partial charge < -0.3 is 10.2 Å². The Morgan fingerprint density at radius 2 is 1.92 bits per heavy atom. The second-order valence-electron chi connectivity index (χ2n) is 7.26. The zero-order valence-electron chi connectivity index (χ0n) is 14.8. The minimum atomic E-state index is -3.03. The number of benzene rings is 1. The third-order valence-electron chi connectivity index (χ3n) is 5.19. The normalized spacial score (nSPS) is 26.9. The van der Waals surface area contributed by atoms with E-state index in [0.29, 0.717) is 12.8 Å². The molecule has 3 atom stereocenters. The third-order valence-corrected chi connectivity index (χ3v) is 6.94. The Bertz CT molecular complexity index is 818. The van der Waals surface area contributed by atoms with Crippen LogP contribution in [0.15, 0.2) is 18.2 Å². The molecule has 0 aromatic heterocycles. The number of hydrogen-bond donors (Lipinski definition) is 1. The van der Waals surface area contributed by atoms with Gasteiger partial charge in [0.25, 0.3) is 0 Å². The first-order valence-electron chi connectivity index (χ1n) is 8.53. The van der Waals surface area contributed by atoms with E-state index >= 15 is 0 Å². The lowest BCUT2D eigenvalue weighted by Crippen LogP contribution is -2.39. The van der Waals surface area contributed by atoms with Gasteiger partial charge in [-0.05, 0) is 38.3 Å². The van der Waals surface area contributed by atoms with Gasteiger partial charge in [-0.3, -0.25) is 9.59 Å². The van der Waals surface area contributed by atoms with Crippen molar-refractivity contribution < 1.29 is 18.0 Å². The highest BCUT2D eigenvalue weighted by molar-refractivity contribution is 7.91. The van der Waals surface area contributed by atoms with Crippen LogP contribution in [0.4, 0.5) is 5.69 Å². The zero-order chi connectivity index (χ0) is 18.4. The summed E-state index contributed by atoms with van der Waals surface area (Å²) in [6, 6.07) is 5.55. The van der Waals surface area contributed by atoms with E-state index in [0.717, 1.165) is 16.8 Å². The Morgan fingerprint density at radius 1 is 1.20 bits per heavy atom. The first-order chi connectivity index (χ1) is 11.7. The van der Waals surface area contributed by atoms with Crippen LogP contribution in [0.25, 0.3) is 0 Å². The molecule has 6 nitrogen and oxygen atoms in total. The molecule has 2 amide bonds. The topological polar surface area (TPSA) is 83.6 Å². The van der Waals surface area contributed by atoms with E-state index in [9.17, 15) is 18.0 Å². The average molecular weight is 364 g/mol. The predicted octanol–water partition coefficient (Wildman–Crippen LogP) is 1.52. The van der Waals surface area contributed by atoms with Crippen molar-refractivity contribution in [3.8, 4) is 0 Å². The first kappa shape index (κ1) is 17.9. The lowest BCUT2D eigenvalue weighted by Gasteiger charge is -2.23. The second-order valence-corrected chi connectivity index (χ2v) is 9.49. The molecule has 1 heterocycles. The lowest BCUT2D eigenvalue weighted by molar-refractivity contribution is -0.134. The van der Waals surface area contributed by atoms with Crippen LogP contribution < -0.4 is 5.32 Å². The summed E-state index contributed by atoms with van der Waals surface area (Å²) in [5, 5.41) is 2.90. The van der Waals surface area contributed by atoms with Gasteiger partial charge in [-0.1, -0.05) is 17.7 Å². The highest BCUT2D eigenvalue weighted by Crippen LogP contribution is 2.41. The minimum Gasteiger partial charge on any atom is -0.341 e. The van der Waals surface area contributed by atoms with E-state index in [1.54, 1.807) is 7.05 Å². The number of nitrogens with zero attached hydrogens (tertiary/aromatic N) is 1. The van der Waals surface area contributed by atoms with Crippen LogP contribution in [0, 0.1) is 25.7 Å². The van der Waals surface area contributed by atoms with Crippen LogP contribution >= 0.6 is 0 Å². The van der Waals surface area contributed by atoms with E-state index in [1.165, 1.54) is 4.90 Å². The largest absolute Gasteiger partial charge is 0.341 e. The molecule has 3 rings (SSSR count). The van der Waals surface area contributed by atoms with Gasteiger partial charge in [0.05, 0.1) is 23.3 Å². The summed E-state index contributed by atoms with van der Waals surface area (Å²) < 4.78 is 23.2. The summed E-state index contributed by atoms with van der Waals surface area (Å²) in [7, 11) is -1.39. The van der Waals surface area contributed by atoms with E-state index in [-0.39, 0.29) is 41.2 Å². The predicted molar refractivity (Wildman–Crippen MR) is 96.0 cm³/mol. The van der Waals surface area contributed by atoms with Gasteiger partial charge in [0, 0.05) is 18.8 Å². The maximum Gasteiger partial charge on any atom is 0.228 e. The van der Waals surface area contributed by atoms with Gasteiger partial charge in [-0.15, -0.1) is 0 Å². The van der Waals surface area contributed by atoms with Crippen LogP contribution in [0.3, 0.4) is 0 Å². The van der Waals surface area contributed by atoms with Crippen LogP contribution in [0.1, 0.15) is 24.0 Å². The molecule has 7 heteroatoms. The molecule has 1 aromatic rings. The fraction of sp³-hybridized carbons (Fsp3) is 0.556. The van der Waals surface area contributed by atoms with Crippen LogP contribution in [0.5, 0.6) is 0 Å². The van der Waals surface area contributed by atoms with Crippen molar-refractivity contribution in [1.29, 1.82) is 0 Å². The van der Waals surface area contributed by atoms with Crippen molar-refractivity contribution in [2.24, 2.45) is 11.8 Å². The molecule has 1 N–H and O–H groups in total. The Morgan fingerprint density at radius 3 is 2.52 bits per heavy atom. The number of hydrogen-bond acceptors (Lipinski definition) is 4. The Hall–Kier alpha value is -1.89. The molecule has 25 heavy (non-hydrogen) atoms. The molecule has 0 spiro atoms. The number of rotatable bonds is 4. The third kappa shape index (κ3) is 3.86. The van der Waals surface area contributed by atoms with E-state index in [1.807, 2.05) is 32.0 Å². The van der Waals surface area contributed by atoms with Crippen LogP contribution in [-0.4, -0.2) is 49.7 Å². The highest BCUT2D eigenvalue weighted by Gasteiger charge is 2.50. The molecule has 1 saturated heterocycles. The number of anilines is 1. The van der Waals surface area contributed by atoms with Gasteiger partial charge in [0.15, 0.2) is 9.84 Å². The van der Waals surface area contributed by atoms with Crippen LogP contribution in [0.2, 0.25) is 0 Å². The number of nitrogens with one attached hydrogen (secondary N) is 1. The molecule has 1 aromatic carbocycles. The zero-order valence-corrected chi connectivity index (χ0v) is 15.6. The van der Waals surface area contributed by atoms with Crippen molar-refractivity contribution in [1.82, 2.24) is 4.90 Å². The summed E-state index contributed by atoms with van der Waals surface area (Å²) in [6.07, 6.45) is 1.01. The van der Waals surface area contributed by atoms with Gasteiger partial charge >= 0.3 is 0 Å². The molecule has 1 aliphatic heterocycles. The number of carbonyl (C=O) groups is 2. The minimum absolute atomic E-state index is 0.0292. The summed E-state index contributed by atoms with van der Waals surface area (Å²) in [5.74, 6) is -0.758. The molecule has 0 radical (unpaired) electrons. The molecular formula is C18H24N2O4S. The maximum atomic E-state index is 12.5. The SMILES string of the molecule is Cc1ccc(NC(=O)C2CC2C(=O)N(C)C2CCS(=O)(=O)C2)c(C)c1. The quantitative estimate of drug-likeness (QED) is 0.878. The molecular weight excluding hydrogens is 340 g/mol. The molecule has 0 bridgehead atoms. The number of aryl methyl sites for hydroxylation is 2. The van der Waals surface area contributed by atoms with Gasteiger partial charge in [-0.2, -0.15) is 0 Å². The monoisotopic (exact) mass is 364 g/mol. The smallest absolute Gasteiger partial charge is 0.228 e. The standard InChI is InChI=1S/C18H24N2O4S/c1-11-4-5-16(12(2)8-11)19-17(21)14-9-15(14)18(22)20(3)13-6-7-25(23,24)10-13/h4-5,8,13-15H,6-7,9-10H2,1-3H3,(H,19,21). The van der Waals surface area contributed by atoms with Crippen molar-refractivity contribution in [3.63, 3.8) is 0 Å². The fourth-order valence-electron chi connectivity index (χ4n) is 3.46. The summed E-state index contributed by atoms with van der Waals surface area (Å²) in [5.41, 5.74) is 2.89. The number of amides is 2. The molecule has 2 aliphatic rings. The maximum absolute atomic E-state index is 12.5. The van der Waals surface area contributed by atoms with Crippen LogP contribution in [-0.2, 0) is 19.4 Å². The van der Waals surface area contributed by atoms with Crippen molar-refractivity contribution >= 4 is 27.3 Å². The summed E-state index contributed by atoms with van der Waals surface area (Å²) >= 11 is 0. The van der Waals surface area contributed by atoms with Gasteiger partial charge in [0.2, 0.25) is 11.8 Å². The first-order valence-corrected chi connectivity index (χ1v) is 10.4. The lowest BCUT2D eigenvalue weighted by atomic mass is 10.1. The average Bonchev–Trinajstić information content (AvgIpc) is 3.26. The van der Waals surface area contributed by atoms with Crippen molar-refractivity contribution in [3.05, 3.63) is 29.3 Å². The van der Waals surface area contributed by atoms with E-state index in [4.69, 9.17) is 0 Å². The fourth-order valence-corrected chi connectivity index (χ4v) is 5.23. The number of sulfone groups is 1. The van der Waals surface area contributed by atoms with E-state index in [2.05, 4.69) is 5.32 Å². The molecule has 2 fully saturated rings. The summed E-state index contributed by atoms with van der Waals surface area (Å²) in [4.78, 5) is 26.5. The van der Waals surface area contributed by atoms with Crippen molar-refractivity contribution in [2.45, 2.75) is 32.7 Å².